The summed E-state index contributed by atoms with van der Waals surface area (Å²) in [6.45, 7) is 1.79. The molecule has 19 heavy (non-hydrogen) atoms. The Morgan fingerprint density at radius 2 is 2.21 bits per heavy atom. The molecule has 1 aromatic heterocycles. The van der Waals surface area contributed by atoms with E-state index in [0.717, 1.165) is 18.7 Å². The van der Waals surface area contributed by atoms with Crippen LogP contribution in [0.3, 0.4) is 0 Å². The molecule has 7 heteroatoms. The average molecular weight is 285 g/mol. The molecule has 2 rings (SSSR count). The fourth-order valence-electron chi connectivity index (χ4n) is 2.08. The smallest absolute Gasteiger partial charge is 0.214 e. The molecule has 0 spiro atoms. The number of piperidine rings is 1. The lowest BCUT2D eigenvalue weighted by Gasteiger charge is -2.22. The second-order valence-corrected chi connectivity index (χ2v) is 6.57. The summed E-state index contributed by atoms with van der Waals surface area (Å²) in [6.07, 6.45) is 2.93. The normalized spacial score (nSPS) is 17.3. The molecule has 1 fully saturated rings. The van der Waals surface area contributed by atoms with E-state index in [1.807, 2.05) is 0 Å². The van der Waals surface area contributed by atoms with Crippen LogP contribution in [0, 0.1) is 0 Å². The van der Waals surface area contributed by atoms with Crippen LogP contribution >= 0.6 is 0 Å². The number of hydrogen-bond acceptors (Lipinski definition) is 5. The van der Waals surface area contributed by atoms with Crippen molar-refractivity contribution in [2.24, 2.45) is 0 Å². The number of aromatic nitrogens is 1. The lowest BCUT2D eigenvalue weighted by molar-refractivity contribution is 0.397. The van der Waals surface area contributed by atoms with Gasteiger partial charge in [0.1, 0.15) is 0 Å². The Bertz CT molecular complexity index is 513. The molecule has 0 bridgehead atoms. The number of methoxy groups -OCH3 is 1. The lowest BCUT2D eigenvalue weighted by atomic mass is 10.2. The molecule has 0 amide bonds. The third-order valence-electron chi connectivity index (χ3n) is 3.21. The number of nitrogens with zero attached hydrogens (tertiary/aromatic N) is 1. The van der Waals surface area contributed by atoms with Crippen molar-refractivity contribution in [1.29, 1.82) is 0 Å². The zero-order valence-corrected chi connectivity index (χ0v) is 11.7. The van der Waals surface area contributed by atoms with E-state index in [9.17, 15) is 8.42 Å². The molecule has 1 saturated heterocycles. The monoisotopic (exact) mass is 285 g/mol. The minimum absolute atomic E-state index is 0.269. The van der Waals surface area contributed by atoms with E-state index in [1.165, 1.54) is 7.11 Å². The second kappa shape index (κ2) is 6.31. The van der Waals surface area contributed by atoms with Crippen LogP contribution in [-0.4, -0.2) is 38.9 Å². The van der Waals surface area contributed by atoms with Crippen LogP contribution in [0.25, 0.3) is 0 Å². The maximum Gasteiger partial charge on any atom is 0.214 e. The summed E-state index contributed by atoms with van der Waals surface area (Å²) >= 11 is 0. The van der Waals surface area contributed by atoms with Crippen molar-refractivity contribution in [3.63, 3.8) is 0 Å². The van der Waals surface area contributed by atoms with Crippen LogP contribution in [-0.2, 0) is 16.6 Å². The lowest BCUT2D eigenvalue weighted by Crippen LogP contribution is -2.41. The van der Waals surface area contributed by atoms with Crippen molar-refractivity contribution in [2.75, 3.05) is 20.2 Å². The van der Waals surface area contributed by atoms with Crippen molar-refractivity contribution in [3.05, 3.63) is 23.9 Å². The SMILES string of the molecule is COc1cc(CNS(=O)(=O)C2CCNCC2)ccn1. The number of rotatable bonds is 5. The molecule has 1 aliphatic rings. The van der Waals surface area contributed by atoms with Gasteiger partial charge in [-0.1, -0.05) is 0 Å². The Morgan fingerprint density at radius 3 is 2.89 bits per heavy atom. The van der Waals surface area contributed by atoms with Crippen molar-refractivity contribution < 1.29 is 13.2 Å². The minimum Gasteiger partial charge on any atom is -0.481 e. The molecule has 1 aliphatic heterocycles. The Balaban J connectivity index is 1.96. The number of nitrogens with one attached hydrogen (secondary N) is 2. The number of hydrogen-bond donors (Lipinski definition) is 2. The molecule has 0 aromatic carbocycles. The summed E-state index contributed by atoms with van der Waals surface area (Å²) in [5.74, 6) is 0.485. The van der Waals surface area contributed by atoms with Gasteiger partial charge in [0.25, 0.3) is 0 Å². The van der Waals surface area contributed by atoms with Gasteiger partial charge in [-0.2, -0.15) is 0 Å². The second-order valence-electron chi connectivity index (χ2n) is 4.52. The predicted octanol–water partition coefficient (Wildman–Crippen LogP) is 0.262. The highest BCUT2D eigenvalue weighted by molar-refractivity contribution is 7.90. The topological polar surface area (TPSA) is 80.3 Å². The summed E-state index contributed by atoms with van der Waals surface area (Å²) in [5, 5.41) is 2.86. The summed E-state index contributed by atoms with van der Waals surface area (Å²) in [6, 6.07) is 3.50. The first kappa shape index (κ1) is 14.2. The van der Waals surface area contributed by atoms with E-state index in [4.69, 9.17) is 4.74 Å². The molecule has 0 saturated carbocycles. The molecule has 0 unspecified atom stereocenters. The first-order chi connectivity index (χ1) is 9.12. The fraction of sp³-hybridized carbons (Fsp3) is 0.583. The van der Waals surface area contributed by atoms with Crippen molar-refractivity contribution >= 4 is 10.0 Å². The summed E-state index contributed by atoms with van der Waals surface area (Å²) in [7, 11) is -1.72. The molecule has 0 radical (unpaired) electrons. The maximum atomic E-state index is 12.1. The van der Waals surface area contributed by atoms with E-state index < -0.39 is 10.0 Å². The Labute approximate surface area is 113 Å². The van der Waals surface area contributed by atoms with Crippen LogP contribution < -0.4 is 14.8 Å². The molecule has 0 aliphatic carbocycles. The molecular formula is C12H19N3O3S. The Hall–Kier alpha value is -1.18. The van der Waals surface area contributed by atoms with E-state index in [1.54, 1.807) is 18.3 Å². The van der Waals surface area contributed by atoms with Gasteiger partial charge in [0.15, 0.2) is 0 Å². The first-order valence-electron chi connectivity index (χ1n) is 6.30. The summed E-state index contributed by atoms with van der Waals surface area (Å²) < 4.78 is 31.9. The predicted molar refractivity (Wildman–Crippen MR) is 72.4 cm³/mol. The molecular weight excluding hydrogens is 266 g/mol. The van der Waals surface area contributed by atoms with Gasteiger partial charge in [0, 0.05) is 18.8 Å². The minimum atomic E-state index is -3.25. The van der Waals surface area contributed by atoms with Crippen LogP contribution in [0.5, 0.6) is 5.88 Å². The highest BCUT2D eigenvalue weighted by Crippen LogP contribution is 2.13. The number of pyridine rings is 1. The third-order valence-corrected chi connectivity index (χ3v) is 5.11. The standard InChI is InChI=1S/C12H19N3O3S/c1-18-12-8-10(2-7-14-12)9-15-19(16,17)11-3-5-13-6-4-11/h2,7-8,11,13,15H,3-6,9H2,1H3. The van der Waals surface area contributed by atoms with E-state index in [0.29, 0.717) is 18.7 Å². The van der Waals surface area contributed by atoms with E-state index in [2.05, 4.69) is 15.0 Å². The maximum absolute atomic E-state index is 12.1. The Kier molecular flexibility index (Phi) is 4.73. The molecule has 1 aromatic rings. The van der Waals surface area contributed by atoms with Gasteiger partial charge in [-0.05, 0) is 37.6 Å². The highest BCUT2D eigenvalue weighted by Gasteiger charge is 2.26. The van der Waals surface area contributed by atoms with Crippen LogP contribution in [0.2, 0.25) is 0 Å². The van der Waals surface area contributed by atoms with Crippen LogP contribution in [0.15, 0.2) is 18.3 Å². The molecule has 2 heterocycles. The molecule has 0 atom stereocenters. The van der Waals surface area contributed by atoms with E-state index >= 15 is 0 Å². The number of ether oxygens (including phenoxy) is 1. The van der Waals surface area contributed by atoms with Crippen molar-refractivity contribution in [3.8, 4) is 5.88 Å². The van der Waals surface area contributed by atoms with Gasteiger partial charge in [-0.3, -0.25) is 0 Å². The molecule has 6 nitrogen and oxygen atoms in total. The van der Waals surface area contributed by atoms with E-state index in [-0.39, 0.29) is 11.8 Å². The van der Waals surface area contributed by atoms with Crippen molar-refractivity contribution in [1.82, 2.24) is 15.0 Å². The third kappa shape index (κ3) is 3.89. The van der Waals surface area contributed by atoms with Gasteiger partial charge in [0.05, 0.1) is 12.4 Å². The summed E-state index contributed by atoms with van der Waals surface area (Å²) in [4.78, 5) is 3.98. The van der Waals surface area contributed by atoms with Crippen molar-refractivity contribution in [2.45, 2.75) is 24.6 Å². The van der Waals surface area contributed by atoms with Gasteiger partial charge in [-0.15, -0.1) is 0 Å². The molecule has 2 N–H and O–H groups in total. The zero-order chi connectivity index (χ0) is 13.7. The molecule has 106 valence electrons. The van der Waals surface area contributed by atoms with Gasteiger partial charge < -0.3 is 10.1 Å². The van der Waals surface area contributed by atoms with Crippen LogP contribution in [0.1, 0.15) is 18.4 Å². The van der Waals surface area contributed by atoms with Gasteiger partial charge >= 0.3 is 0 Å². The Morgan fingerprint density at radius 1 is 1.47 bits per heavy atom. The zero-order valence-electron chi connectivity index (χ0n) is 10.9. The van der Waals surface area contributed by atoms with Gasteiger partial charge in [0.2, 0.25) is 15.9 Å². The quantitative estimate of drug-likeness (QED) is 0.811. The largest absolute Gasteiger partial charge is 0.481 e. The fourth-order valence-corrected chi connectivity index (χ4v) is 3.54. The first-order valence-corrected chi connectivity index (χ1v) is 7.84. The van der Waals surface area contributed by atoms with Crippen LogP contribution in [0.4, 0.5) is 0 Å². The highest BCUT2D eigenvalue weighted by atomic mass is 32.2. The van der Waals surface area contributed by atoms with Gasteiger partial charge in [-0.25, -0.2) is 18.1 Å². The number of sulfonamides is 1. The average Bonchev–Trinajstić information content (AvgIpc) is 2.46. The summed E-state index contributed by atoms with van der Waals surface area (Å²) in [5.41, 5.74) is 0.837.